The van der Waals surface area contributed by atoms with Crippen molar-refractivity contribution in [3.63, 3.8) is 0 Å². The van der Waals surface area contributed by atoms with Crippen molar-refractivity contribution in [2.24, 2.45) is 0 Å². The van der Waals surface area contributed by atoms with Gasteiger partial charge in [-0.1, -0.05) is 30.3 Å². The monoisotopic (exact) mass is 417 g/mol. The van der Waals surface area contributed by atoms with E-state index in [1.807, 2.05) is 6.92 Å². The first-order valence-electron chi connectivity index (χ1n) is 8.78. The molecule has 0 saturated carbocycles. The van der Waals surface area contributed by atoms with Crippen LogP contribution in [0.4, 0.5) is 5.69 Å². The highest BCUT2D eigenvalue weighted by molar-refractivity contribution is 7.99. The summed E-state index contributed by atoms with van der Waals surface area (Å²) in [7, 11) is 1.59. The summed E-state index contributed by atoms with van der Waals surface area (Å²) in [6, 6.07) is 12.1. The van der Waals surface area contributed by atoms with Crippen LogP contribution < -0.4 is 15.6 Å². The molecule has 0 atom stereocenters. The molecule has 1 aromatic heterocycles. The molecule has 0 bridgehead atoms. The Kier molecular flexibility index (Phi) is 6.59. The fourth-order valence-corrected chi connectivity index (χ4v) is 3.70. The zero-order valence-corrected chi connectivity index (χ0v) is 17.1. The van der Waals surface area contributed by atoms with Gasteiger partial charge in [-0.3, -0.25) is 14.2 Å². The first-order chi connectivity index (χ1) is 13.5. The smallest absolute Gasteiger partial charge is 0.262 e. The number of aromatic nitrogens is 2. The number of benzene rings is 2. The van der Waals surface area contributed by atoms with Gasteiger partial charge in [0.25, 0.3) is 5.56 Å². The lowest BCUT2D eigenvalue weighted by Gasteiger charge is -2.12. The third-order valence-electron chi connectivity index (χ3n) is 4.04. The molecule has 0 radical (unpaired) electrons. The molecular weight excluding hydrogens is 398 g/mol. The van der Waals surface area contributed by atoms with E-state index in [2.05, 4.69) is 10.3 Å². The average molecular weight is 418 g/mol. The van der Waals surface area contributed by atoms with Crippen LogP contribution in [0.25, 0.3) is 10.9 Å². The second-order valence-corrected chi connectivity index (χ2v) is 7.46. The van der Waals surface area contributed by atoms with Crippen LogP contribution in [-0.2, 0) is 11.3 Å². The van der Waals surface area contributed by atoms with Gasteiger partial charge >= 0.3 is 0 Å². The van der Waals surface area contributed by atoms with E-state index in [9.17, 15) is 9.59 Å². The van der Waals surface area contributed by atoms with Crippen molar-refractivity contribution in [2.75, 3.05) is 18.2 Å². The summed E-state index contributed by atoms with van der Waals surface area (Å²) in [6.07, 6.45) is 0.784. The molecule has 3 rings (SSSR count). The average Bonchev–Trinajstić information content (AvgIpc) is 2.69. The van der Waals surface area contributed by atoms with Gasteiger partial charge < -0.3 is 10.1 Å². The van der Waals surface area contributed by atoms with Crippen molar-refractivity contribution in [2.45, 2.75) is 25.0 Å². The first-order valence-corrected chi connectivity index (χ1v) is 10.1. The van der Waals surface area contributed by atoms with Crippen molar-refractivity contribution in [1.82, 2.24) is 9.55 Å². The van der Waals surface area contributed by atoms with Crippen LogP contribution >= 0.6 is 23.4 Å². The number of rotatable bonds is 7. The van der Waals surface area contributed by atoms with Gasteiger partial charge in [0.05, 0.1) is 23.8 Å². The van der Waals surface area contributed by atoms with E-state index in [-0.39, 0.29) is 17.2 Å². The Morgan fingerprint density at radius 1 is 1.25 bits per heavy atom. The lowest BCUT2D eigenvalue weighted by atomic mass is 10.2. The van der Waals surface area contributed by atoms with E-state index in [0.29, 0.717) is 33.3 Å². The number of halogens is 1. The van der Waals surface area contributed by atoms with Gasteiger partial charge in [0.2, 0.25) is 5.91 Å². The lowest BCUT2D eigenvalue weighted by molar-refractivity contribution is -0.113. The molecule has 146 valence electrons. The van der Waals surface area contributed by atoms with E-state index in [4.69, 9.17) is 16.3 Å². The number of nitrogens with zero attached hydrogens (tertiary/aromatic N) is 2. The van der Waals surface area contributed by atoms with Gasteiger partial charge in [-0.05, 0) is 48.9 Å². The molecule has 0 unspecified atom stereocenters. The van der Waals surface area contributed by atoms with Crippen LogP contribution in [0.2, 0.25) is 5.02 Å². The number of thioether (sulfide) groups is 1. The molecule has 0 aliphatic carbocycles. The largest absolute Gasteiger partial charge is 0.497 e. The van der Waals surface area contributed by atoms with E-state index >= 15 is 0 Å². The first kappa shape index (κ1) is 20.2. The third kappa shape index (κ3) is 4.66. The topological polar surface area (TPSA) is 73.2 Å². The second kappa shape index (κ2) is 9.12. The lowest BCUT2D eigenvalue weighted by Crippen LogP contribution is -2.24. The quantitative estimate of drug-likeness (QED) is 0.460. The molecule has 0 aliphatic rings. The molecule has 8 heteroatoms. The Morgan fingerprint density at radius 2 is 2.00 bits per heavy atom. The molecule has 3 aromatic rings. The van der Waals surface area contributed by atoms with Crippen molar-refractivity contribution in [3.8, 4) is 5.75 Å². The highest BCUT2D eigenvalue weighted by Crippen LogP contribution is 2.21. The van der Waals surface area contributed by atoms with Gasteiger partial charge in [0, 0.05) is 17.3 Å². The summed E-state index contributed by atoms with van der Waals surface area (Å²) in [5.74, 6) is 0.669. The molecule has 0 saturated heterocycles. The van der Waals surface area contributed by atoms with Gasteiger partial charge in [0.1, 0.15) is 5.75 Å². The molecule has 0 spiro atoms. The number of hydrogen-bond donors (Lipinski definition) is 1. The highest BCUT2D eigenvalue weighted by atomic mass is 35.5. The Hall–Kier alpha value is -2.51. The van der Waals surface area contributed by atoms with Crippen molar-refractivity contribution in [3.05, 3.63) is 57.8 Å². The van der Waals surface area contributed by atoms with Crippen LogP contribution in [-0.4, -0.2) is 28.3 Å². The normalized spacial score (nSPS) is 10.8. The van der Waals surface area contributed by atoms with E-state index < -0.39 is 0 Å². The van der Waals surface area contributed by atoms with Crippen molar-refractivity contribution in [1.29, 1.82) is 0 Å². The van der Waals surface area contributed by atoms with Gasteiger partial charge in [-0.15, -0.1) is 0 Å². The number of carbonyl (C=O) groups is 1. The zero-order valence-electron chi connectivity index (χ0n) is 15.6. The second-order valence-electron chi connectivity index (χ2n) is 6.08. The maximum atomic E-state index is 12.8. The number of ether oxygens (including phenoxy) is 1. The number of nitrogens with one attached hydrogen (secondary N) is 1. The number of anilines is 1. The summed E-state index contributed by atoms with van der Waals surface area (Å²) in [4.78, 5) is 29.7. The maximum absolute atomic E-state index is 12.8. The van der Waals surface area contributed by atoms with Crippen LogP contribution in [0.15, 0.2) is 52.4 Å². The minimum Gasteiger partial charge on any atom is -0.497 e. The Bertz CT molecular complexity index is 1050. The van der Waals surface area contributed by atoms with Gasteiger partial charge in [0.15, 0.2) is 5.16 Å². The number of methoxy groups -OCH3 is 1. The predicted molar refractivity (Wildman–Crippen MR) is 114 cm³/mol. The van der Waals surface area contributed by atoms with E-state index in [1.54, 1.807) is 54.1 Å². The molecule has 0 fully saturated rings. The Labute approximate surface area is 171 Å². The number of amides is 1. The summed E-state index contributed by atoms with van der Waals surface area (Å²) in [5.41, 5.74) is 1.08. The van der Waals surface area contributed by atoms with Crippen molar-refractivity contribution >= 4 is 45.9 Å². The SMILES string of the molecule is CCCn1c(SCC(=O)Nc2ccc(OC)cc2)nc2cc(Cl)ccc2c1=O. The molecule has 6 nitrogen and oxygen atoms in total. The molecule has 1 N–H and O–H groups in total. The highest BCUT2D eigenvalue weighted by Gasteiger charge is 2.13. The van der Waals surface area contributed by atoms with Gasteiger partial charge in [-0.2, -0.15) is 0 Å². The molecular formula is C20H20ClN3O3S. The fourth-order valence-electron chi connectivity index (χ4n) is 2.71. The molecule has 2 aromatic carbocycles. The Morgan fingerprint density at radius 3 is 2.68 bits per heavy atom. The molecule has 0 aliphatic heterocycles. The predicted octanol–water partition coefficient (Wildman–Crippen LogP) is 4.20. The summed E-state index contributed by atoms with van der Waals surface area (Å²) < 4.78 is 6.72. The minimum absolute atomic E-state index is 0.124. The van der Waals surface area contributed by atoms with Gasteiger partial charge in [-0.25, -0.2) is 4.98 Å². The minimum atomic E-state index is -0.182. The van der Waals surface area contributed by atoms with Crippen LogP contribution in [0.5, 0.6) is 5.75 Å². The number of fused-ring (bicyclic) bond motifs is 1. The number of carbonyl (C=O) groups excluding carboxylic acids is 1. The standard InChI is InChI=1S/C20H20ClN3O3S/c1-3-10-24-19(26)16-9-4-13(21)11-17(16)23-20(24)28-12-18(25)22-14-5-7-15(27-2)8-6-14/h4-9,11H,3,10,12H2,1-2H3,(H,22,25). The third-order valence-corrected chi connectivity index (χ3v) is 5.25. The molecule has 1 amide bonds. The number of hydrogen-bond acceptors (Lipinski definition) is 5. The van der Waals surface area contributed by atoms with Crippen molar-refractivity contribution < 1.29 is 9.53 Å². The molecule has 28 heavy (non-hydrogen) atoms. The van der Waals surface area contributed by atoms with Crippen LogP contribution in [0.3, 0.4) is 0 Å². The van der Waals surface area contributed by atoms with Crippen LogP contribution in [0.1, 0.15) is 13.3 Å². The maximum Gasteiger partial charge on any atom is 0.262 e. The summed E-state index contributed by atoms with van der Waals surface area (Å²) in [5, 5.41) is 4.36. The summed E-state index contributed by atoms with van der Waals surface area (Å²) in [6.45, 7) is 2.52. The van der Waals surface area contributed by atoms with E-state index in [1.165, 1.54) is 11.8 Å². The summed E-state index contributed by atoms with van der Waals surface area (Å²) >= 11 is 7.26. The zero-order chi connectivity index (χ0) is 20.1. The Balaban J connectivity index is 1.79. The fraction of sp³-hybridized carbons (Fsp3) is 0.250. The molecule has 1 heterocycles. The van der Waals surface area contributed by atoms with Crippen LogP contribution in [0, 0.1) is 0 Å². The van der Waals surface area contributed by atoms with E-state index in [0.717, 1.165) is 12.2 Å².